The van der Waals surface area contributed by atoms with Gasteiger partial charge in [-0.25, -0.2) is 0 Å². The van der Waals surface area contributed by atoms with Crippen LogP contribution in [0.3, 0.4) is 0 Å². The van der Waals surface area contributed by atoms with Crippen molar-refractivity contribution in [3.63, 3.8) is 0 Å². The van der Waals surface area contributed by atoms with Gasteiger partial charge in [0, 0.05) is 25.6 Å². The van der Waals surface area contributed by atoms with E-state index in [2.05, 4.69) is 39.4 Å². The van der Waals surface area contributed by atoms with Gasteiger partial charge in [0.25, 0.3) is 0 Å². The molecule has 1 unspecified atom stereocenters. The predicted molar refractivity (Wildman–Crippen MR) is 113 cm³/mol. The van der Waals surface area contributed by atoms with E-state index in [0.717, 1.165) is 61.3 Å². The van der Waals surface area contributed by atoms with Crippen LogP contribution in [0, 0.1) is 5.41 Å². The van der Waals surface area contributed by atoms with Crippen molar-refractivity contribution in [3.8, 4) is 0 Å². The van der Waals surface area contributed by atoms with Gasteiger partial charge >= 0.3 is 0 Å². The van der Waals surface area contributed by atoms with E-state index in [9.17, 15) is 5.11 Å². The lowest BCUT2D eigenvalue weighted by Crippen LogP contribution is -2.45. The van der Waals surface area contributed by atoms with Crippen LogP contribution in [0.2, 0.25) is 0 Å². The molecule has 2 aromatic heterocycles. The molecule has 1 aliphatic rings. The fraction of sp³-hybridized carbons (Fsp3) is 0.455. The van der Waals surface area contributed by atoms with E-state index in [4.69, 9.17) is 4.42 Å². The smallest absolute Gasteiger partial charge is 0.198 e. The van der Waals surface area contributed by atoms with E-state index in [1.54, 1.807) is 6.33 Å². The molecule has 1 N–H and O–H groups in total. The molecule has 7 heteroatoms. The molecule has 6 nitrogen and oxygen atoms in total. The number of nitrogens with zero attached hydrogens (tertiary/aromatic N) is 4. The third-order valence-electron chi connectivity index (χ3n) is 5.74. The lowest BCUT2D eigenvalue weighted by molar-refractivity contribution is 0.0195. The van der Waals surface area contributed by atoms with Crippen LogP contribution in [0.25, 0.3) is 0 Å². The van der Waals surface area contributed by atoms with Crippen molar-refractivity contribution < 1.29 is 9.52 Å². The average molecular weight is 413 g/mol. The second kappa shape index (κ2) is 9.15. The molecule has 3 heterocycles. The van der Waals surface area contributed by atoms with Gasteiger partial charge in [-0.15, -0.1) is 10.2 Å². The number of likely N-dealkylation sites (tertiary alicyclic amines) is 1. The van der Waals surface area contributed by atoms with Gasteiger partial charge in [0.1, 0.15) is 12.1 Å². The van der Waals surface area contributed by atoms with Gasteiger partial charge in [-0.2, -0.15) is 0 Å². The zero-order valence-corrected chi connectivity index (χ0v) is 17.6. The fourth-order valence-corrected chi connectivity index (χ4v) is 4.83. The van der Waals surface area contributed by atoms with Gasteiger partial charge in [0.05, 0.1) is 6.54 Å². The summed E-state index contributed by atoms with van der Waals surface area (Å²) in [6.07, 6.45) is 5.89. The third kappa shape index (κ3) is 5.10. The molecule has 4 rings (SSSR count). The third-order valence-corrected chi connectivity index (χ3v) is 6.71. The number of piperidine rings is 1. The van der Waals surface area contributed by atoms with Crippen LogP contribution < -0.4 is 0 Å². The number of aryl methyl sites for hydroxylation is 2. The predicted octanol–water partition coefficient (Wildman–Crippen LogP) is 3.77. The molecule has 1 aromatic carbocycles. The van der Waals surface area contributed by atoms with Crippen LogP contribution in [-0.2, 0) is 20.0 Å². The van der Waals surface area contributed by atoms with Crippen LogP contribution in [0.15, 0.2) is 63.5 Å². The number of furan rings is 1. The Morgan fingerprint density at radius 1 is 1.21 bits per heavy atom. The summed E-state index contributed by atoms with van der Waals surface area (Å²) in [6, 6.07) is 14.6. The second-order valence-electron chi connectivity index (χ2n) is 8.01. The van der Waals surface area contributed by atoms with Crippen molar-refractivity contribution in [1.82, 2.24) is 19.7 Å². The van der Waals surface area contributed by atoms with E-state index < -0.39 is 0 Å². The molecule has 0 saturated carbocycles. The molecule has 3 aromatic rings. The molecule has 0 bridgehead atoms. The quantitative estimate of drug-likeness (QED) is 0.608. The van der Waals surface area contributed by atoms with E-state index in [1.165, 1.54) is 17.3 Å². The summed E-state index contributed by atoms with van der Waals surface area (Å²) >= 11 is 1.48. The lowest BCUT2D eigenvalue weighted by Gasteiger charge is -2.41. The zero-order chi connectivity index (χ0) is 20.1. The van der Waals surface area contributed by atoms with Crippen molar-refractivity contribution in [2.45, 2.75) is 42.5 Å². The number of aliphatic hydroxyl groups excluding tert-OH is 1. The van der Waals surface area contributed by atoms with Gasteiger partial charge < -0.3 is 14.1 Å². The van der Waals surface area contributed by atoms with Crippen LogP contribution >= 0.6 is 11.8 Å². The summed E-state index contributed by atoms with van der Waals surface area (Å²) in [4.78, 5) is 2.42. The Morgan fingerprint density at radius 2 is 2.07 bits per heavy atom. The molecule has 154 valence electrons. The number of hydrogen-bond donors (Lipinski definition) is 1. The van der Waals surface area contributed by atoms with E-state index in [1.807, 2.05) is 29.8 Å². The van der Waals surface area contributed by atoms with Gasteiger partial charge in [-0.3, -0.25) is 4.90 Å². The maximum atomic E-state index is 10.2. The Hall–Kier alpha value is -2.09. The largest absolute Gasteiger partial charge is 0.453 e. The minimum atomic E-state index is -0.0309. The zero-order valence-electron chi connectivity index (χ0n) is 16.8. The van der Waals surface area contributed by atoms with Crippen LogP contribution in [0.1, 0.15) is 30.6 Å². The molecule has 1 atom stereocenters. The number of aliphatic hydroxyl groups is 1. The van der Waals surface area contributed by atoms with Crippen LogP contribution in [0.5, 0.6) is 0 Å². The summed E-state index contributed by atoms with van der Waals surface area (Å²) in [5.74, 6) is 0.950. The Morgan fingerprint density at radius 3 is 2.83 bits per heavy atom. The molecule has 1 saturated heterocycles. The molecule has 0 spiro atoms. The Balaban J connectivity index is 1.36. The Labute approximate surface area is 175 Å². The van der Waals surface area contributed by atoms with E-state index >= 15 is 0 Å². The van der Waals surface area contributed by atoms with Gasteiger partial charge in [0.15, 0.2) is 10.2 Å². The maximum Gasteiger partial charge on any atom is 0.198 e. The molecule has 29 heavy (non-hydrogen) atoms. The first kappa shape index (κ1) is 20.2. The highest BCUT2D eigenvalue weighted by Gasteiger charge is 2.34. The highest BCUT2D eigenvalue weighted by molar-refractivity contribution is 7.99. The molecule has 0 amide bonds. The standard InChI is InChI=1S/C22H28N4O2S/c1-25-17-23-24-21(25)29-20-9-8-19(28-20)14-26-13-5-11-22(15-26,16-27)12-10-18-6-3-2-4-7-18/h2-4,6-9,17,27H,5,10-16H2,1H3. The molecule has 1 fully saturated rings. The lowest BCUT2D eigenvalue weighted by atomic mass is 9.76. The van der Waals surface area contributed by atoms with Crippen molar-refractivity contribution in [2.75, 3.05) is 19.7 Å². The number of aromatic nitrogens is 3. The number of rotatable bonds is 8. The first-order chi connectivity index (χ1) is 14.2. The van der Waals surface area contributed by atoms with E-state index in [0.29, 0.717) is 0 Å². The van der Waals surface area contributed by atoms with E-state index in [-0.39, 0.29) is 12.0 Å². The Bertz CT molecular complexity index is 910. The minimum Gasteiger partial charge on any atom is -0.453 e. The highest BCUT2D eigenvalue weighted by atomic mass is 32.2. The van der Waals surface area contributed by atoms with Gasteiger partial charge in [0.2, 0.25) is 0 Å². The van der Waals surface area contributed by atoms with Crippen LogP contribution in [-0.4, -0.2) is 44.5 Å². The fourth-order valence-electron chi connectivity index (χ4n) is 4.08. The number of benzene rings is 1. The summed E-state index contributed by atoms with van der Waals surface area (Å²) in [7, 11) is 1.92. The maximum absolute atomic E-state index is 10.2. The minimum absolute atomic E-state index is 0.0309. The Kier molecular flexibility index (Phi) is 6.37. The SMILES string of the molecule is Cn1cnnc1Sc1ccc(CN2CCCC(CO)(CCc3ccccc3)C2)o1. The normalized spacial score (nSPS) is 20.2. The molecular formula is C22H28N4O2S. The summed E-state index contributed by atoms with van der Waals surface area (Å²) < 4.78 is 7.90. The average Bonchev–Trinajstić information content (AvgIpc) is 3.36. The molecular weight excluding hydrogens is 384 g/mol. The van der Waals surface area contributed by atoms with Crippen molar-refractivity contribution in [2.24, 2.45) is 12.5 Å². The molecule has 0 radical (unpaired) electrons. The van der Waals surface area contributed by atoms with Crippen molar-refractivity contribution >= 4 is 11.8 Å². The monoisotopic (exact) mass is 412 g/mol. The second-order valence-corrected chi connectivity index (χ2v) is 8.98. The summed E-state index contributed by atoms with van der Waals surface area (Å²) in [5, 5.41) is 19.8. The van der Waals surface area contributed by atoms with Crippen molar-refractivity contribution in [3.05, 3.63) is 60.1 Å². The van der Waals surface area contributed by atoms with Gasteiger partial charge in [-0.1, -0.05) is 30.3 Å². The molecule has 1 aliphatic heterocycles. The van der Waals surface area contributed by atoms with Crippen molar-refractivity contribution in [1.29, 1.82) is 0 Å². The highest BCUT2D eigenvalue weighted by Crippen LogP contribution is 2.35. The number of hydrogen-bond acceptors (Lipinski definition) is 6. The summed E-state index contributed by atoms with van der Waals surface area (Å²) in [5.41, 5.74) is 1.31. The van der Waals surface area contributed by atoms with Gasteiger partial charge in [-0.05, 0) is 61.7 Å². The van der Waals surface area contributed by atoms with Crippen LogP contribution in [0.4, 0.5) is 0 Å². The topological polar surface area (TPSA) is 67.3 Å². The first-order valence-corrected chi connectivity index (χ1v) is 11.0. The summed E-state index contributed by atoms with van der Waals surface area (Å²) in [6.45, 7) is 2.95. The first-order valence-electron chi connectivity index (χ1n) is 10.1. The molecule has 0 aliphatic carbocycles.